The van der Waals surface area contributed by atoms with Crippen LogP contribution in [0.3, 0.4) is 0 Å². The molecule has 0 fully saturated rings. The molecule has 0 unspecified atom stereocenters. The van der Waals surface area contributed by atoms with Crippen molar-refractivity contribution in [2.45, 2.75) is 6.54 Å². The summed E-state index contributed by atoms with van der Waals surface area (Å²) in [4.78, 5) is 12.0. The van der Waals surface area contributed by atoms with Crippen molar-refractivity contribution in [1.29, 1.82) is 0 Å². The van der Waals surface area contributed by atoms with E-state index in [1.165, 1.54) is 0 Å². The van der Waals surface area contributed by atoms with E-state index in [-0.39, 0.29) is 5.91 Å². The van der Waals surface area contributed by atoms with E-state index >= 15 is 0 Å². The Balaban J connectivity index is 2.06. The van der Waals surface area contributed by atoms with E-state index in [2.05, 4.69) is 21.2 Å². The standard InChI is InChI=1S/C14H11BrClNO/c15-12-7-3-2-6-11(12)14(18)17-9-10-5-1-4-8-13(10)16/h1-8H,9H2,(H,17,18). The van der Waals surface area contributed by atoms with Crippen LogP contribution < -0.4 is 5.32 Å². The lowest BCUT2D eigenvalue weighted by Gasteiger charge is -2.08. The zero-order valence-corrected chi connectivity index (χ0v) is 11.8. The average Bonchev–Trinajstić information content (AvgIpc) is 2.38. The Bertz CT molecular complexity index is 571. The fraction of sp³-hybridized carbons (Fsp3) is 0.0714. The Labute approximate surface area is 119 Å². The monoisotopic (exact) mass is 323 g/mol. The molecule has 1 amide bonds. The van der Waals surface area contributed by atoms with Gasteiger partial charge in [-0.1, -0.05) is 41.9 Å². The van der Waals surface area contributed by atoms with Gasteiger partial charge < -0.3 is 5.32 Å². The fourth-order valence-electron chi connectivity index (χ4n) is 1.56. The van der Waals surface area contributed by atoms with E-state index in [0.717, 1.165) is 10.0 Å². The van der Waals surface area contributed by atoms with Gasteiger partial charge in [0.25, 0.3) is 5.91 Å². The zero-order chi connectivity index (χ0) is 13.0. The van der Waals surface area contributed by atoms with Crippen molar-refractivity contribution in [3.05, 3.63) is 69.2 Å². The van der Waals surface area contributed by atoms with E-state index in [9.17, 15) is 4.79 Å². The summed E-state index contributed by atoms with van der Waals surface area (Å²) in [7, 11) is 0. The zero-order valence-electron chi connectivity index (χ0n) is 9.49. The van der Waals surface area contributed by atoms with Crippen molar-refractivity contribution in [1.82, 2.24) is 5.32 Å². The minimum atomic E-state index is -0.123. The van der Waals surface area contributed by atoms with Crippen LogP contribution in [0.5, 0.6) is 0 Å². The van der Waals surface area contributed by atoms with Crippen LogP contribution in [0, 0.1) is 0 Å². The van der Waals surface area contributed by atoms with Gasteiger partial charge in [-0.2, -0.15) is 0 Å². The lowest BCUT2D eigenvalue weighted by molar-refractivity contribution is 0.0950. The van der Waals surface area contributed by atoms with Crippen molar-refractivity contribution in [3.63, 3.8) is 0 Å². The first kappa shape index (κ1) is 13.1. The van der Waals surface area contributed by atoms with Gasteiger partial charge in [0.05, 0.1) is 5.56 Å². The largest absolute Gasteiger partial charge is 0.348 e. The molecule has 0 radical (unpaired) electrons. The molecule has 2 rings (SSSR count). The van der Waals surface area contributed by atoms with E-state index in [0.29, 0.717) is 17.1 Å². The highest BCUT2D eigenvalue weighted by Crippen LogP contribution is 2.17. The number of carbonyl (C=O) groups excluding carboxylic acids is 1. The maximum atomic E-state index is 12.0. The molecular formula is C14H11BrClNO. The molecule has 2 nitrogen and oxygen atoms in total. The van der Waals surface area contributed by atoms with Crippen LogP contribution in [0.2, 0.25) is 5.02 Å². The highest BCUT2D eigenvalue weighted by Gasteiger charge is 2.09. The summed E-state index contributed by atoms with van der Waals surface area (Å²) in [5.74, 6) is -0.123. The summed E-state index contributed by atoms with van der Waals surface area (Å²) in [6, 6.07) is 14.8. The molecule has 2 aromatic rings. The Hall–Kier alpha value is -1.32. The third-order valence-corrected chi connectivity index (χ3v) is 3.58. The van der Waals surface area contributed by atoms with Crippen molar-refractivity contribution < 1.29 is 4.79 Å². The fourth-order valence-corrected chi connectivity index (χ4v) is 2.23. The second kappa shape index (κ2) is 6.03. The summed E-state index contributed by atoms with van der Waals surface area (Å²) in [5, 5.41) is 3.50. The Morgan fingerprint density at radius 1 is 1.11 bits per heavy atom. The van der Waals surface area contributed by atoms with Crippen molar-refractivity contribution in [2.75, 3.05) is 0 Å². The second-order valence-electron chi connectivity index (χ2n) is 3.75. The smallest absolute Gasteiger partial charge is 0.252 e. The van der Waals surface area contributed by atoms with Crippen LogP contribution >= 0.6 is 27.5 Å². The third-order valence-electron chi connectivity index (χ3n) is 2.52. The highest BCUT2D eigenvalue weighted by molar-refractivity contribution is 9.10. The van der Waals surface area contributed by atoms with Crippen molar-refractivity contribution in [3.8, 4) is 0 Å². The first-order chi connectivity index (χ1) is 8.68. The summed E-state index contributed by atoms with van der Waals surface area (Å²) in [6.45, 7) is 0.417. The quantitative estimate of drug-likeness (QED) is 0.907. The number of nitrogens with one attached hydrogen (secondary N) is 1. The van der Waals surface area contributed by atoms with Gasteiger partial charge in [-0.05, 0) is 39.7 Å². The third kappa shape index (κ3) is 3.12. The van der Waals surface area contributed by atoms with E-state index in [4.69, 9.17) is 11.6 Å². The molecule has 18 heavy (non-hydrogen) atoms. The van der Waals surface area contributed by atoms with Crippen molar-refractivity contribution in [2.24, 2.45) is 0 Å². The maximum Gasteiger partial charge on any atom is 0.252 e. The number of hydrogen-bond donors (Lipinski definition) is 1. The minimum Gasteiger partial charge on any atom is -0.348 e. The molecule has 4 heteroatoms. The molecule has 0 saturated heterocycles. The Kier molecular flexibility index (Phi) is 4.39. The van der Waals surface area contributed by atoms with Gasteiger partial charge in [-0.15, -0.1) is 0 Å². The molecule has 0 aliphatic carbocycles. The predicted molar refractivity (Wildman–Crippen MR) is 76.8 cm³/mol. The summed E-state index contributed by atoms with van der Waals surface area (Å²) in [5.41, 5.74) is 1.52. The van der Waals surface area contributed by atoms with E-state index in [1.807, 2.05) is 42.5 Å². The minimum absolute atomic E-state index is 0.123. The van der Waals surface area contributed by atoms with Gasteiger partial charge >= 0.3 is 0 Å². The molecule has 0 aliphatic heterocycles. The predicted octanol–water partition coefficient (Wildman–Crippen LogP) is 4.03. The number of carbonyl (C=O) groups is 1. The van der Waals surface area contributed by atoms with E-state index in [1.54, 1.807) is 6.07 Å². The molecule has 0 heterocycles. The lowest BCUT2D eigenvalue weighted by atomic mass is 10.2. The highest BCUT2D eigenvalue weighted by atomic mass is 79.9. The van der Waals surface area contributed by atoms with Gasteiger partial charge in [-0.3, -0.25) is 4.79 Å². The lowest BCUT2D eigenvalue weighted by Crippen LogP contribution is -2.23. The van der Waals surface area contributed by atoms with Crippen LogP contribution in [0.1, 0.15) is 15.9 Å². The van der Waals surface area contributed by atoms with Gasteiger partial charge in [0, 0.05) is 16.0 Å². The SMILES string of the molecule is O=C(NCc1ccccc1Cl)c1ccccc1Br. The van der Waals surface area contributed by atoms with Gasteiger partial charge in [0.2, 0.25) is 0 Å². The van der Waals surface area contributed by atoms with Gasteiger partial charge in [0.1, 0.15) is 0 Å². The normalized spacial score (nSPS) is 10.1. The van der Waals surface area contributed by atoms with E-state index < -0.39 is 0 Å². The molecule has 0 saturated carbocycles. The molecular weight excluding hydrogens is 314 g/mol. The topological polar surface area (TPSA) is 29.1 Å². The second-order valence-corrected chi connectivity index (χ2v) is 5.02. The Morgan fingerprint density at radius 3 is 2.50 bits per heavy atom. The maximum absolute atomic E-state index is 12.0. The summed E-state index contributed by atoms with van der Waals surface area (Å²) >= 11 is 9.38. The van der Waals surface area contributed by atoms with Crippen LogP contribution in [-0.4, -0.2) is 5.91 Å². The van der Waals surface area contributed by atoms with Crippen LogP contribution in [0.4, 0.5) is 0 Å². The molecule has 0 atom stereocenters. The van der Waals surface area contributed by atoms with Gasteiger partial charge in [-0.25, -0.2) is 0 Å². The van der Waals surface area contributed by atoms with Crippen LogP contribution in [0.25, 0.3) is 0 Å². The van der Waals surface area contributed by atoms with Crippen LogP contribution in [0.15, 0.2) is 53.0 Å². The Morgan fingerprint density at radius 2 is 1.78 bits per heavy atom. The molecule has 0 aliphatic rings. The summed E-state index contributed by atoms with van der Waals surface area (Å²) in [6.07, 6.45) is 0. The number of hydrogen-bond acceptors (Lipinski definition) is 1. The number of benzene rings is 2. The molecule has 0 spiro atoms. The first-order valence-electron chi connectivity index (χ1n) is 5.44. The number of halogens is 2. The average molecular weight is 325 g/mol. The molecule has 0 bridgehead atoms. The molecule has 1 N–H and O–H groups in total. The van der Waals surface area contributed by atoms with Gasteiger partial charge in [0.15, 0.2) is 0 Å². The molecule has 92 valence electrons. The number of rotatable bonds is 3. The summed E-state index contributed by atoms with van der Waals surface area (Å²) < 4.78 is 0.779. The van der Waals surface area contributed by atoms with Crippen molar-refractivity contribution >= 4 is 33.4 Å². The number of amides is 1. The molecule has 2 aromatic carbocycles. The first-order valence-corrected chi connectivity index (χ1v) is 6.61. The van der Waals surface area contributed by atoms with Crippen LogP contribution in [-0.2, 0) is 6.54 Å². The molecule has 0 aromatic heterocycles.